The Labute approximate surface area is 114 Å². The van der Waals surface area contributed by atoms with Gasteiger partial charge in [-0.1, -0.05) is 25.0 Å². The largest absolute Gasteiger partial charge is 0.402 e. The van der Waals surface area contributed by atoms with Crippen LogP contribution in [-0.2, 0) is 0 Å². The van der Waals surface area contributed by atoms with Gasteiger partial charge in [-0.3, -0.25) is 0 Å². The number of likely N-dealkylation sites (N-methyl/N-ethyl adjacent to an activating group) is 1. The van der Waals surface area contributed by atoms with E-state index in [1.807, 2.05) is 0 Å². The summed E-state index contributed by atoms with van der Waals surface area (Å²) in [4.78, 5) is 0. The van der Waals surface area contributed by atoms with E-state index in [-0.39, 0.29) is 12.1 Å². The molecule has 0 heterocycles. The molecule has 1 rings (SSSR count). The topological polar surface area (TPSA) is 12.0 Å². The predicted octanol–water partition coefficient (Wildman–Crippen LogP) is 4.60. The van der Waals surface area contributed by atoms with Gasteiger partial charge in [0.25, 0.3) is 0 Å². The molecule has 0 aromatic heterocycles. The molecule has 0 spiro atoms. The number of halogens is 6. The summed E-state index contributed by atoms with van der Waals surface area (Å²) in [5.41, 5.74) is 0.240. The van der Waals surface area contributed by atoms with Crippen molar-refractivity contribution in [3.8, 4) is 0 Å². The quantitative estimate of drug-likeness (QED) is 0.591. The van der Waals surface area contributed by atoms with Gasteiger partial charge in [-0.2, -0.15) is 26.3 Å². The van der Waals surface area contributed by atoms with Crippen molar-refractivity contribution in [2.75, 3.05) is 6.54 Å². The summed E-state index contributed by atoms with van der Waals surface area (Å²) in [5, 5.41) is 2.39. The Morgan fingerprint density at radius 1 is 1.05 bits per heavy atom. The van der Waals surface area contributed by atoms with Crippen molar-refractivity contribution in [2.45, 2.75) is 57.4 Å². The first-order chi connectivity index (χ1) is 9.18. The molecule has 0 saturated heterocycles. The molecule has 0 amide bonds. The van der Waals surface area contributed by atoms with Crippen molar-refractivity contribution in [1.82, 2.24) is 5.32 Å². The molecule has 0 radical (unpaired) electrons. The lowest BCUT2D eigenvalue weighted by molar-refractivity contribution is -0.289. The molecule has 0 aromatic carbocycles. The van der Waals surface area contributed by atoms with Crippen LogP contribution in [0.3, 0.4) is 0 Å². The van der Waals surface area contributed by atoms with Crippen LogP contribution in [0.5, 0.6) is 0 Å². The standard InChI is InChI=1S/C13H19F6N/c1-2-20-10(9-7-5-3-4-6-8-9)11(12(14,15)16)13(17,18)19/h7,10-11,20H,2-6,8H2,1H3. The first-order valence-electron chi connectivity index (χ1n) is 6.73. The number of allylic oxidation sites excluding steroid dienone is 1. The van der Waals surface area contributed by atoms with E-state index in [2.05, 4.69) is 5.32 Å². The highest BCUT2D eigenvalue weighted by Gasteiger charge is 2.60. The van der Waals surface area contributed by atoms with Crippen molar-refractivity contribution < 1.29 is 26.3 Å². The van der Waals surface area contributed by atoms with E-state index in [0.717, 1.165) is 12.8 Å². The molecule has 0 saturated carbocycles. The Balaban J connectivity index is 3.10. The van der Waals surface area contributed by atoms with Crippen LogP contribution in [0, 0.1) is 5.92 Å². The fourth-order valence-electron chi connectivity index (χ4n) is 2.57. The molecule has 1 aliphatic carbocycles. The summed E-state index contributed by atoms with van der Waals surface area (Å²) < 4.78 is 77.2. The average molecular weight is 303 g/mol. The van der Waals surface area contributed by atoms with Gasteiger partial charge >= 0.3 is 12.4 Å². The average Bonchev–Trinajstić information content (AvgIpc) is 2.52. The summed E-state index contributed by atoms with van der Waals surface area (Å²) in [6.45, 7) is 1.57. The van der Waals surface area contributed by atoms with Crippen LogP contribution in [0.4, 0.5) is 26.3 Å². The molecule has 20 heavy (non-hydrogen) atoms. The zero-order valence-corrected chi connectivity index (χ0v) is 11.2. The lowest BCUT2D eigenvalue weighted by Gasteiger charge is -2.33. The van der Waals surface area contributed by atoms with Gasteiger partial charge in [-0.15, -0.1) is 0 Å². The Morgan fingerprint density at radius 2 is 1.65 bits per heavy atom. The van der Waals surface area contributed by atoms with Gasteiger partial charge in [0.1, 0.15) is 0 Å². The minimum Gasteiger partial charge on any atom is -0.310 e. The van der Waals surface area contributed by atoms with E-state index >= 15 is 0 Å². The zero-order chi connectivity index (χ0) is 15.4. The molecule has 1 unspecified atom stereocenters. The highest BCUT2D eigenvalue weighted by molar-refractivity contribution is 5.16. The van der Waals surface area contributed by atoms with E-state index in [9.17, 15) is 26.3 Å². The Bertz CT molecular complexity index is 317. The van der Waals surface area contributed by atoms with Crippen LogP contribution < -0.4 is 5.32 Å². The summed E-state index contributed by atoms with van der Waals surface area (Å²) in [6, 6.07) is -1.71. The number of rotatable bonds is 4. The Morgan fingerprint density at radius 3 is 2.15 bits per heavy atom. The van der Waals surface area contributed by atoms with Crippen molar-refractivity contribution in [3.63, 3.8) is 0 Å². The van der Waals surface area contributed by atoms with Crippen LogP contribution in [0.15, 0.2) is 11.6 Å². The molecule has 1 nitrogen and oxygen atoms in total. The summed E-state index contributed by atoms with van der Waals surface area (Å²) >= 11 is 0. The van der Waals surface area contributed by atoms with Gasteiger partial charge < -0.3 is 5.32 Å². The van der Waals surface area contributed by atoms with Crippen LogP contribution >= 0.6 is 0 Å². The molecule has 1 N–H and O–H groups in total. The smallest absolute Gasteiger partial charge is 0.310 e. The van der Waals surface area contributed by atoms with Crippen LogP contribution in [-0.4, -0.2) is 24.9 Å². The normalized spacial score (nSPS) is 19.7. The molecule has 118 valence electrons. The van der Waals surface area contributed by atoms with Gasteiger partial charge in [-0.05, 0) is 32.2 Å². The fraction of sp³-hybridized carbons (Fsp3) is 0.846. The number of alkyl halides is 6. The van der Waals surface area contributed by atoms with Crippen LogP contribution in [0.2, 0.25) is 0 Å². The summed E-state index contributed by atoms with van der Waals surface area (Å²) in [5.74, 6) is -3.35. The third-order valence-corrected chi connectivity index (χ3v) is 3.44. The van der Waals surface area contributed by atoms with Gasteiger partial charge in [0.05, 0.1) is 0 Å². The van der Waals surface area contributed by atoms with E-state index in [1.165, 1.54) is 6.92 Å². The second-order valence-electron chi connectivity index (χ2n) is 4.97. The van der Waals surface area contributed by atoms with Crippen molar-refractivity contribution in [2.24, 2.45) is 5.92 Å². The molecular weight excluding hydrogens is 284 g/mol. The maximum Gasteiger partial charge on any atom is 0.402 e. The van der Waals surface area contributed by atoms with Gasteiger partial charge in [-0.25, -0.2) is 0 Å². The third-order valence-electron chi connectivity index (χ3n) is 3.44. The van der Waals surface area contributed by atoms with E-state index < -0.39 is 24.3 Å². The first-order valence-corrected chi connectivity index (χ1v) is 6.73. The molecule has 0 aliphatic heterocycles. The zero-order valence-electron chi connectivity index (χ0n) is 11.2. The Kier molecular flexibility index (Phi) is 5.91. The van der Waals surface area contributed by atoms with Crippen LogP contribution in [0.1, 0.15) is 39.0 Å². The van der Waals surface area contributed by atoms with Gasteiger partial charge in [0.15, 0.2) is 5.92 Å². The van der Waals surface area contributed by atoms with Gasteiger partial charge in [0, 0.05) is 6.04 Å². The summed E-state index contributed by atoms with van der Waals surface area (Å²) in [6.07, 6.45) is -5.95. The summed E-state index contributed by atoms with van der Waals surface area (Å²) in [7, 11) is 0. The van der Waals surface area contributed by atoms with Crippen molar-refractivity contribution in [3.05, 3.63) is 11.6 Å². The van der Waals surface area contributed by atoms with Crippen LogP contribution in [0.25, 0.3) is 0 Å². The molecule has 7 heteroatoms. The predicted molar refractivity (Wildman–Crippen MR) is 64.2 cm³/mol. The van der Waals surface area contributed by atoms with Gasteiger partial charge in [0.2, 0.25) is 0 Å². The molecule has 1 aliphatic rings. The van der Waals surface area contributed by atoms with E-state index in [0.29, 0.717) is 19.3 Å². The second-order valence-corrected chi connectivity index (χ2v) is 4.97. The maximum absolute atomic E-state index is 12.9. The minimum absolute atomic E-state index is 0.0602. The number of nitrogens with one attached hydrogen (secondary N) is 1. The first kappa shape index (κ1) is 17.3. The lowest BCUT2D eigenvalue weighted by Crippen LogP contribution is -2.51. The minimum atomic E-state index is -5.31. The van der Waals surface area contributed by atoms with Crippen molar-refractivity contribution >= 4 is 0 Å². The molecule has 1 atom stereocenters. The molecule has 0 bridgehead atoms. The highest BCUT2D eigenvalue weighted by atomic mass is 19.4. The third kappa shape index (κ3) is 4.68. The number of hydrogen-bond donors (Lipinski definition) is 1. The number of hydrogen-bond acceptors (Lipinski definition) is 1. The fourth-order valence-corrected chi connectivity index (χ4v) is 2.57. The maximum atomic E-state index is 12.9. The molecular formula is C13H19F6N. The second kappa shape index (κ2) is 6.83. The van der Waals surface area contributed by atoms with Crippen molar-refractivity contribution in [1.29, 1.82) is 0 Å². The highest BCUT2D eigenvalue weighted by Crippen LogP contribution is 2.44. The van der Waals surface area contributed by atoms with E-state index in [4.69, 9.17) is 0 Å². The Hall–Kier alpha value is -0.720. The monoisotopic (exact) mass is 303 g/mol. The molecule has 0 aromatic rings. The van der Waals surface area contributed by atoms with E-state index in [1.54, 1.807) is 6.08 Å². The SMILES string of the molecule is CCNC(C1=CCCCCC1)C(C(F)(F)F)C(F)(F)F. The lowest BCUT2D eigenvalue weighted by atomic mass is 9.89. The molecule has 0 fully saturated rings.